The van der Waals surface area contributed by atoms with Crippen molar-refractivity contribution in [2.75, 3.05) is 21.3 Å². The van der Waals surface area contributed by atoms with Gasteiger partial charge in [0.2, 0.25) is 0 Å². The van der Waals surface area contributed by atoms with Crippen LogP contribution in [-0.2, 0) is 4.79 Å². The molecule has 6 nitrogen and oxygen atoms in total. The number of carbonyl (C=O) groups is 1. The Morgan fingerprint density at radius 3 is 2.64 bits per heavy atom. The maximum atomic E-state index is 12.3. The van der Waals surface area contributed by atoms with Gasteiger partial charge in [0.1, 0.15) is 0 Å². The molecule has 1 aliphatic heterocycles. The van der Waals surface area contributed by atoms with Crippen LogP contribution in [0.5, 0.6) is 11.5 Å². The highest BCUT2D eigenvalue weighted by Crippen LogP contribution is 2.38. The van der Waals surface area contributed by atoms with Crippen LogP contribution in [0.4, 0.5) is 0 Å². The van der Waals surface area contributed by atoms with Gasteiger partial charge in [0.15, 0.2) is 16.6 Å². The molecule has 22 heavy (non-hydrogen) atoms. The summed E-state index contributed by atoms with van der Waals surface area (Å²) in [5.41, 5.74) is 2.05. The smallest absolute Gasteiger partial charge is 0.251 e. The van der Waals surface area contributed by atoms with Gasteiger partial charge in [-0.15, -0.1) is 0 Å². The van der Waals surface area contributed by atoms with E-state index in [1.165, 1.54) is 0 Å². The number of amides is 1. The van der Waals surface area contributed by atoms with Crippen LogP contribution in [0.1, 0.15) is 18.5 Å². The first-order valence-corrected chi connectivity index (χ1v) is 7.15. The summed E-state index contributed by atoms with van der Waals surface area (Å²) < 4.78 is 10.8. The molecule has 0 saturated carbocycles. The second kappa shape index (κ2) is 6.65. The van der Waals surface area contributed by atoms with Crippen LogP contribution >= 0.6 is 12.2 Å². The van der Waals surface area contributed by atoms with E-state index >= 15 is 0 Å². The molecule has 1 aliphatic rings. The highest BCUT2D eigenvalue weighted by atomic mass is 32.1. The molecule has 1 aromatic carbocycles. The second-order valence-electron chi connectivity index (χ2n) is 4.73. The van der Waals surface area contributed by atoms with Crippen molar-refractivity contribution in [1.29, 1.82) is 0 Å². The van der Waals surface area contributed by atoms with Crippen LogP contribution in [0.3, 0.4) is 0 Å². The molecular formula is C15H19N3O3S. The van der Waals surface area contributed by atoms with E-state index in [0.29, 0.717) is 27.9 Å². The van der Waals surface area contributed by atoms with Crippen molar-refractivity contribution in [2.45, 2.75) is 13.0 Å². The van der Waals surface area contributed by atoms with Crippen molar-refractivity contribution in [3.63, 3.8) is 0 Å². The van der Waals surface area contributed by atoms with Gasteiger partial charge in [-0.25, -0.2) is 0 Å². The molecule has 0 aromatic heterocycles. The Bertz CT molecular complexity index is 643. The number of ether oxygens (including phenoxy) is 2. The predicted octanol–water partition coefficient (Wildman–Crippen LogP) is 1.24. The average molecular weight is 321 g/mol. The Morgan fingerprint density at radius 2 is 2.05 bits per heavy atom. The van der Waals surface area contributed by atoms with Gasteiger partial charge < -0.3 is 25.4 Å². The first-order chi connectivity index (χ1) is 10.5. The fourth-order valence-corrected chi connectivity index (χ4v) is 2.77. The summed E-state index contributed by atoms with van der Waals surface area (Å²) in [7, 11) is 4.73. The predicted molar refractivity (Wildman–Crippen MR) is 87.9 cm³/mol. The lowest BCUT2D eigenvalue weighted by atomic mass is 9.94. The number of allylic oxidation sites excluding steroid dienone is 1. The zero-order valence-corrected chi connectivity index (χ0v) is 13.8. The summed E-state index contributed by atoms with van der Waals surface area (Å²) in [6, 6.07) is 5.11. The minimum atomic E-state index is -0.418. The minimum absolute atomic E-state index is 0.185. The molecule has 0 saturated heterocycles. The Balaban J connectivity index is 2.60. The molecule has 118 valence electrons. The molecule has 0 unspecified atom stereocenters. The molecule has 1 amide bonds. The van der Waals surface area contributed by atoms with Crippen molar-refractivity contribution in [2.24, 2.45) is 0 Å². The van der Waals surface area contributed by atoms with Gasteiger partial charge in [-0.3, -0.25) is 4.79 Å². The Morgan fingerprint density at radius 1 is 1.32 bits per heavy atom. The largest absolute Gasteiger partial charge is 0.493 e. The number of thiocarbonyl (C=S) groups is 1. The molecule has 7 heteroatoms. The third kappa shape index (κ3) is 2.85. The Hall–Kier alpha value is -2.28. The Labute approximate surface area is 134 Å². The van der Waals surface area contributed by atoms with Crippen LogP contribution in [0, 0.1) is 0 Å². The third-order valence-corrected chi connectivity index (χ3v) is 3.71. The minimum Gasteiger partial charge on any atom is -0.493 e. The first kappa shape index (κ1) is 16.1. The molecule has 1 heterocycles. The van der Waals surface area contributed by atoms with Gasteiger partial charge in [-0.1, -0.05) is 12.1 Å². The van der Waals surface area contributed by atoms with Gasteiger partial charge in [0, 0.05) is 18.3 Å². The molecule has 0 aliphatic carbocycles. The van der Waals surface area contributed by atoms with E-state index < -0.39 is 6.04 Å². The molecule has 1 aromatic rings. The summed E-state index contributed by atoms with van der Waals surface area (Å²) in [6.07, 6.45) is 0. The number of hydrogen-bond acceptors (Lipinski definition) is 4. The van der Waals surface area contributed by atoms with Crippen LogP contribution in [0.2, 0.25) is 0 Å². The lowest BCUT2D eigenvalue weighted by molar-refractivity contribution is -0.117. The average Bonchev–Trinajstić information content (AvgIpc) is 2.52. The van der Waals surface area contributed by atoms with E-state index in [1.54, 1.807) is 27.3 Å². The molecule has 0 bridgehead atoms. The number of rotatable bonds is 4. The van der Waals surface area contributed by atoms with Crippen LogP contribution in [0.25, 0.3) is 0 Å². The number of likely N-dealkylation sites (N-methyl/N-ethyl adjacent to an activating group) is 1. The van der Waals surface area contributed by atoms with Gasteiger partial charge in [-0.05, 0) is 25.2 Å². The van der Waals surface area contributed by atoms with E-state index in [9.17, 15) is 4.79 Å². The SMILES string of the molecule is CNC(=O)C1=C(C)NC(=S)N[C@@H]1c1cccc(OC)c1OC. The van der Waals surface area contributed by atoms with Crippen molar-refractivity contribution >= 4 is 23.2 Å². The number of carbonyl (C=O) groups excluding carboxylic acids is 1. The first-order valence-electron chi connectivity index (χ1n) is 6.74. The van der Waals surface area contributed by atoms with E-state index in [-0.39, 0.29) is 5.91 Å². The molecule has 0 radical (unpaired) electrons. The maximum Gasteiger partial charge on any atom is 0.251 e. The highest BCUT2D eigenvalue weighted by Gasteiger charge is 2.32. The van der Waals surface area contributed by atoms with Crippen LogP contribution < -0.4 is 25.4 Å². The summed E-state index contributed by atoms with van der Waals surface area (Å²) in [5, 5.41) is 9.21. The van der Waals surface area contributed by atoms with Gasteiger partial charge in [0.25, 0.3) is 5.91 Å². The molecular weight excluding hydrogens is 302 g/mol. The Kier molecular flexibility index (Phi) is 4.87. The lowest BCUT2D eigenvalue weighted by Gasteiger charge is -2.31. The van der Waals surface area contributed by atoms with Crippen molar-refractivity contribution in [3.8, 4) is 11.5 Å². The second-order valence-corrected chi connectivity index (χ2v) is 5.14. The molecule has 2 rings (SSSR count). The zero-order chi connectivity index (χ0) is 16.3. The topological polar surface area (TPSA) is 71.6 Å². The van der Waals surface area contributed by atoms with Crippen molar-refractivity contribution in [3.05, 3.63) is 35.0 Å². The fourth-order valence-electron chi connectivity index (χ4n) is 2.50. The number of hydrogen-bond donors (Lipinski definition) is 3. The third-order valence-electron chi connectivity index (χ3n) is 3.49. The van der Waals surface area contributed by atoms with Gasteiger partial charge in [0.05, 0.1) is 25.8 Å². The monoisotopic (exact) mass is 321 g/mol. The zero-order valence-electron chi connectivity index (χ0n) is 12.9. The quantitative estimate of drug-likeness (QED) is 0.725. The van der Waals surface area contributed by atoms with E-state index in [0.717, 1.165) is 5.56 Å². The molecule has 0 fully saturated rings. The standard InChI is InChI=1S/C15H19N3O3S/c1-8-11(14(19)16-2)12(18-15(22)17-8)9-6-5-7-10(20-3)13(9)21-4/h5-7,12H,1-4H3,(H,16,19)(H2,17,18,22)/t12-/m1/s1. The van der Waals surface area contributed by atoms with E-state index in [1.807, 2.05) is 19.1 Å². The number of methoxy groups -OCH3 is 2. The number of para-hydroxylation sites is 1. The van der Waals surface area contributed by atoms with Crippen LogP contribution in [0.15, 0.2) is 29.5 Å². The van der Waals surface area contributed by atoms with Crippen molar-refractivity contribution < 1.29 is 14.3 Å². The fraction of sp³-hybridized carbons (Fsp3) is 0.333. The summed E-state index contributed by atoms with van der Waals surface area (Å²) in [6.45, 7) is 1.82. The van der Waals surface area contributed by atoms with Crippen LogP contribution in [-0.4, -0.2) is 32.3 Å². The van der Waals surface area contributed by atoms with E-state index in [2.05, 4.69) is 16.0 Å². The van der Waals surface area contributed by atoms with Crippen molar-refractivity contribution in [1.82, 2.24) is 16.0 Å². The number of nitrogens with one attached hydrogen (secondary N) is 3. The van der Waals surface area contributed by atoms with Gasteiger partial charge >= 0.3 is 0 Å². The molecule has 3 N–H and O–H groups in total. The lowest BCUT2D eigenvalue weighted by Crippen LogP contribution is -2.46. The molecule has 0 spiro atoms. The summed E-state index contributed by atoms with van der Waals surface area (Å²) in [5.74, 6) is 0.983. The summed E-state index contributed by atoms with van der Waals surface area (Å²) >= 11 is 5.22. The number of benzene rings is 1. The molecule has 1 atom stereocenters. The summed E-state index contributed by atoms with van der Waals surface area (Å²) in [4.78, 5) is 12.3. The normalized spacial score (nSPS) is 17.5. The van der Waals surface area contributed by atoms with E-state index in [4.69, 9.17) is 21.7 Å². The maximum absolute atomic E-state index is 12.3. The highest BCUT2D eigenvalue weighted by molar-refractivity contribution is 7.80. The van der Waals surface area contributed by atoms with Gasteiger partial charge in [-0.2, -0.15) is 0 Å².